The molecule has 0 fully saturated rings. The van der Waals surface area contributed by atoms with Crippen LogP contribution in [0.5, 0.6) is 5.75 Å². The van der Waals surface area contributed by atoms with Gasteiger partial charge in [0.25, 0.3) is 11.8 Å². The van der Waals surface area contributed by atoms with Crippen LogP contribution in [0.25, 0.3) is 0 Å². The van der Waals surface area contributed by atoms with E-state index in [-0.39, 0.29) is 23.8 Å². The molecule has 1 aliphatic rings. The predicted molar refractivity (Wildman–Crippen MR) is 139 cm³/mol. The van der Waals surface area contributed by atoms with Crippen LogP contribution in [0.1, 0.15) is 48.0 Å². The first-order chi connectivity index (χ1) is 16.2. The van der Waals surface area contributed by atoms with Crippen LogP contribution in [0.15, 0.2) is 54.6 Å². The number of hydrogen-bond donors (Lipinski definition) is 2. The quantitative estimate of drug-likeness (QED) is 0.393. The zero-order chi connectivity index (χ0) is 24.3. The summed E-state index contributed by atoms with van der Waals surface area (Å²) in [6.07, 6.45) is 2.72. The highest BCUT2D eigenvalue weighted by atomic mass is 35.5. The largest absolute Gasteiger partial charge is 0.484 e. The van der Waals surface area contributed by atoms with E-state index >= 15 is 0 Å². The Balaban J connectivity index is 1.58. The number of fused-ring (bicyclic) bond motifs is 1. The molecule has 0 saturated carbocycles. The summed E-state index contributed by atoms with van der Waals surface area (Å²) >= 11 is 7.59. The molecule has 0 spiro atoms. The average Bonchev–Trinajstić information content (AvgIpc) is 3.15. The molecular formula is C27H29ClN2O3S. The van der Waals surface area contributed by atoms with Crippen molar-refractivity contribution in [2.75, 3.05) is 17.2 Å². The van der Waals surface area contributed by atoms with Crippen LogP contribution in [0.4, 0.5) is 10.7 Å². The van der Waals surface area contributed by atoms with Crippen LogP contribution in [-0.2, 0) is 17.6 Å². The number of halogens is 1. The van der Waals surface area contributed by atoms with E-state index in [1.807, 2.05) is 18.2 Å². The number of para-hydroxylation sites is 1. The molecule has 2 amide bonds. The van der Waals surface area contributed by atoms with E-state index in [0.29, 0.717) is 32.9 Å². The Bertz CT molecular complexity index is 1180. The molecule has 0 radical (unpaired) electrons. The zero-order valence-corrected chi connectivity index (χ0v) is 21.2. The maximum absolute atomic E-state index is 13.4. The molecule has 1 unspecified atom stereocenters. The van der Waals surface area contributed by atoms with Crippen molar-refractivity contribution in [2.45, 2.75) is 40.0 Å². The van der Waals surface area contributed by atoms with Crippen LogP contribution in [0.2, 0.25) is 5.02 Å². The number of rotatable bonds is 6. The smallest absolute Gasteiger partial charge is 0.262 e. The number of thiophene rings is 1. The first-order valence-electron chi connectivity index (χ1n) is 11.4. The molecule has 2 N–H and O–H groups in total. The molecule has 7 heteroatoms. The Morgan fingerprint density at radius 3 is 2.56 bits per heavy atom. The third-order valence-electron chi connectivity index (χ3n) is 6.17. The molecule has 0 saturated heterocycles. The summed E-state index contributed by atoms with van der Waals surface area (Å²) in [6, 6.07) is 16.2. The minimum absolute atomic E-state index is 0.132. The van der Waals surface area contributed by atoms with Crippen LogP contribution >= 0.6 is 22.9 Å². The normalized spacial score (nSPS) is 15.4. The molecule has 0 bridgehead atoms. The number of benzene rings is 2. The highest BCUT2D eigenvalue weighted by Crippen LogP contribution is 2.44. The molecule has 1 aliphatic carbocycles. The van der Waals surface area contributed by atoms with Crippen LogP contribution < -0.4 is 15.4 Å². The molecule has 1 heterocycles. The molecule has 178 valence electrons. The topological polar surface area (TPSA) is 67.4 Å². The molecule has 1 aromatic heterocycles. The molecule has 5 nitrogen and oxygen atoms in total. The Morgan fingerprint density at radius 1 is 1.09 bits per heavy atom. The van der Waals surface area contributed by atoms with Crippen molar-refractivity contribution in [3.63, 3.8) is 0 Å². The lowest BCUT2D eigenvalue weighted by atomic mass is 9.72. The van der Waals surface area contributed by atoms with Gasteiger partial charge in [0.05, 0.1) is 5.56 Å². The molecule has 34 heavy (non-hydrogen) atoms. The molecule has 1 atom stereocenters. The fourth-order valence-electron chi connectivity index (χ4n) is 4.24. The van der Waals surface area contributed by atoms with E-state index in [1.54, 1.807) is 36.4 Å². The molecule has 3 aromatic rings. The van der Waals surface area contributed by atoms with E-state index in [4.69, 9.17) is 16.3 Å². The Hall–Kier alpha value is -2.83. The number of anilines is 2. The van der Waals surface area contributed by atoms with Gasteiger partial charge in [0.1, 0.15) is 10.8 Å². The summed E-state index contributed by atoms with van der Waals surface area (Å²) < 4.78 is 5.59. The lowest BCUT2D eigenvalue weighted by molar-refractivity contribution is -0.118. The van der Waals surface area contributed by atoms with Crippen molar-refractivity contribution in [3.8, 4) is 5.75 Å². The summed E-state index contributed by atoms with van der Waals surface area (Å²) in [5, 5.41) is 7.00. The minimum Gasteiger partial charge on any atom is -0.484 e. The number of hydrogen-bond acceptors (Lipinski definition) is 4. The third-order valence-corrected chi connectivity index (χ3v) is 7.57. The third kappa shape index (κ3) is 5.80. The summed E-state index contributed by atoms with van der Waals surface area (Å²) in [4.78, 5) is 27.3. The van der Waals surface area contributed by atoms with E-state index < -0.39 is 0 Å². The second kappa shape index (κ2) is 10.2. The van der Waals surface area contributed by atoms with E-state index in [0.717, 1.165) is 24.8 Å². The first-order valence-corrected chi connectivity index (χ1v) is 12.6. The standard InChI is InChI=1S/C27H29ClN2O3S/c1-27(2,3)17-12-13-21-22(14-17)34-26(30-23(31)16-33-20-10-5-4-6-11-20)24(21)25(32)29-19-9-7-8-18(28)15-19/h4-11,15,17H,12-14,16H2,1-3H3,(H,29,32)(H,30,31). The van der Waals surface area contributed by atoms with Crippen molar-refractivity contribution >= 4 is 45.4 Å². The fraction of sp³-hybridized carbons (Fsp3) is 0.333. The number of carbonyl (C=O) groups excluding carboxylic acids is 2. The number of nitrogens with one attached hydrogen (secondary N) is 2. The molecule has 4 rings (SSSR count). The second-order valence-electron chi connectivity index (χ2n) is 9.63. The summed E-state index contributed by atoms with van der Waals surface area (Å²) in [5.74, 6) is 0.599. The van der Waals surface area contributed by atoms with Crippen molar-refractivity contribution in [1.29, 1.82) is 0 Å². The highest BCUT2D eigenvalue weighted by molar-refractivity contribution is 7.17. The van der Waals surface area contributed by atoms with Crippen molar-refractivity contribution in [3.05, 3.63) is 75.6 Å². The van der Waals surface area contributed by atoms with E-state index in [9.17, 15) is 9.59 Å². The van der Waals surface area contributed by atoms with E-state index in [1.165, 1.54) is 16.2 Å². The van der Waals surface area contributed by atoms with Gasteiger partial charge in [-0.2, -0.15) is 0 Å². The Labute approximate surface area is 209 Å². The van der Waals surface area contributed by atoms with Gasteiger partial charge >= 0.3 is 0 Å². The van der Waals surface area contributed by atoms with Gasteiger partial charge in [-0.1, -0.05) is 56.6 Å². The van der Waals surface area contributed by atoms with Gasteiger partial charge in [-0.15, -0.1) is 11.3 Å². The van der Waals surface area contributed by atoms with Gasteiger partial charge in [0.15, 0.2) is 6.61 Å². The Morgan fingerprint density at radius 2 is 1.85 bits per heavy atom. The van der Waals surface area contributed by atoms with Crippen LogP contribution in [0, 0.1) is 11.3 Å². The van der Waals surface area contributed by atoms with Gasteiger partial charge in [-0.3, -0.25) is 9.59 Å². The Kier molecular flexibility index (Phi) is 7.29. The lowest BCUT2D eigenvalue weighted by Crippen LogP contribution is -2.27. The van der Waals surface area contributed by atoms with E-state index in [2.05, 4.69) is 31.4 Å². The molecule has 0 aliphatic heterocycles. The molecular weight excluding hydrogens is 468 g/mol. The maximum atomic E-state index is 13.4. The SMILES string of the molecule is CC(C)(C)C1CCc2c(sc(NC(=O)COc3ccccc3)c2C(=O)Nc2cccc(Cl)c2)C1. The number of carbonyl (C=O) groups is 2. The zero-order valence-electron chi connectivity index (χ0n) is 19.6. The van der Waals surface area contributed by atoms with Crippen molar-refractivity contribution in [2.24, 2.45) is 11.3 Å². The van der Waals surface area contributed by atoms with Crippen LogP contribution in [0.3, 0.4) is 0 Å². The first kappa shape index (κ1) is 24.3. The maximum Gasteiger partial charge on any atom is 0.262 e. The van der Waals surface area contributed by atoms with Gasteiger partial charge in [-0.05, 0) is 66.5 Å². The molecule has 2 aromatic carbocycles. The monoisotopic (exact) mass is 496 g/mol. The van der Waals surface area contributed by atoms with Crippen molar-refractivity contribution < 1.29 is 14.3 Å². The van der Waals surface area contributed by atoms with Gasteiger partial charge < -0.3 is 15.4 Å². The summed E-state index contributed by atoms with van der Waals surface area (Å²) in [6.45, 7) is 6.64. The van der Waals surface area contributed by atoms with Crippen LogP contribution in [-0.4, -0.2) is 18.4 Å². The number of amides is 2. The second-order valence-corrected chi connectivity index (χ2v) is 11.2. The highest BCUT2D eigenvalue weighted by Gasteiger charge is 2.34. The summed E-state index contributed by atoms with van der Waals surface area (Å²) in [5.41, 5.74) is 2.37. The number of ether oxygens (including phenoxy) is 1. The van der Waals surface area contributed by atoms with Crippen molar-refractivity contribution in [1.82, 2.24) is 0 Å². The predicted octanol–water partition coefficient (Wildman–Crippen LogP) is 6.82. The summed E-state index contributed by atoms with van der Waals surface area (Å²) in [7, 11) is 0. The van der Waals surface area contributed by atoms with Gasteiger partial charge in [0.2, 0.25) is 0 Å². The van der Waals surface area contributed by atoms with Gasteiger partial charge in [-0.25, -0.2) is 0 Å². The average molecular weight is 497 g/mol. The lowest BCUT2D eigenvalue weighted by Gasteiger charge is -2.33. The van der Waals surface area contributed by atoms with Gasteiger partial charge in [0, 0.05) is 15.6 Å². The minimum atomic E-state index is -0.299. The fourth-order valence-corrected chi connectivity index (χ4v) is 5.77.